The van der Waals surface area contributed by atoms with Gasteiger partial charge in [0.2, 0.25) is 0 Å². The van der Waals surface area contributed by atoms with Gasteiger partial charge in [-0.2, -0.15) is 0 Å². The molecule has 1 rings (SSSR count). The van der Waals surface area contributed by atoms with Crippen LogP contribution in [0, 0.1) is 6.92 Å². The second-order valence-electron chi connectivity index (χ2n) is 4.30. The molecule has 0 amide bonds. The number of nitrogens with one attached hydrogen (secondary N) is 1. The third-order valence-electron chi connectivity index (χ3n) is 2.62. The highest BCUT2D eigenvalue weighted by atomic mass is 14.9. The van der Waals surface area contributed by atoms with Crippen molar-refractivity contribution in [3.63, 3.8) is 0 Å². The number of aryl methyl sites for hydroxylation is 1. The molecule has 1 aromatic rings. The minimum atomic E-state index is 0.584. The summed E-state index contributed by atoms with van der Waals surface area (Å²) in [5.41, 5.74) is 9.40. The van der Waals surface area contributed by atoms with Gasteiger partial charge in [0.15, 0.2) is 0 Å². The lowest BCUT2D eigenvalue weighted by Gasteiger charge is -2.13. The van der Waals surface area contributed by atoms with Crippen molar-refractivity contribution in [1.29, 1.82) is 0 Å². The van der Waals surface area contributed by atoms with Gasteiger partial charge in [-0.25, -0.2) is 0 Å². The summed E-state index contributed by atoms with van der Waals surface area (Å²) in [7, 11) is 0. The van der Waals surface area contributed by atoms with Crippen LogP contribution in [0.3, 0.4) is 0 Å². The number of benzene rings is 1. The van der Waals surface area contributed by atoms with Gasteiger partial charge < -0.3 is 11.1 Å². The summed E-state index contributed by atoms with van der Waals surface area (Å²) in [6.45, 7) is 8.27. The summed E-state index contributed by atoms with van der Waals surface area (Å²) in [5.74, 6) is 0.584. The van der Waals surface area contributed by atoms with Crippen LogP contribution < -0.4 is 11.1 Å². The number of rotatable bonds is 5. The molecule has 3 N–H and O–H groups in total. The highest BCUT2D eigenvalue weighted by Gasteiger charge is 2.02. The Bertz CT molecular complexity index is 305. The second-order valence-corrected chi connectivity index (χ2v) is 4.30. The van der Waals surface area contributed by atoms with E-state index >= 15 is 0 Å². The van der Waals surface area contributed by atoms with Gasteiger partial charge in [0.05, 0.1) is 0 Å². The number of anilines is 1. The first kappa shape index (κ1) is 12.1. The average Bonchev–Trinajstić information content (AvgIpc) is 2.20. The minimum Gasteiger partial charge on any atom is -0.385 e. The molecule has 0 bridgehead atoms. The number of hydrogen-bond donors (Lipinski definition) is 2. The van der Waals surface area contributed by atoms with Crippen LogP contribution in [-0.4, -0.2) is 13.1 Å². The molecule has 0 aromatic heterocycles. The van der Waals surface area contributed by atoms with E-state index in [1.54, 1.807) is 0 Å². The van der Waals surface area contributed by atoms with E-state index in [9.17, 15) is 0 Å². The Kier molecular flexibility index (Phi) is 4.63. The zero-order valence-electron chi connectivity index (χ0n) is 10.0. The van der Waals surface area contributed by atoms with Crippen LogP contribution in [0.2, 0.25) is 0 Å². The summed E-state index contributed by atoms with van der Waals surface area (Å²) in [6.07, 6.45) is 1.02. The van der Waals surface area contributed by atoms with E-state index in [-0.39, 0.29) is 0 Å². The monoisotopic (exact) mass is 206 g/mol. The average molecular weight is 206 g/mol. The van der Waals surface area contributed by atoms with Crippen LogP contribution in [0.25, 0.3) is 0 Å². The lowest BCUT2D eigenvalue weighted by atomic mass is 10.0. The zero-order valence-corrected chi connectivity index (χ0v) is 10.0. The first-order valence-corrected chi connectivity index (χ1v) is 5.69. The summed E-state index contributed by atoms with van der Waals surface area (Å²) in [4.78, 5) is 0. The molecule has 0 fully saturated rings. The molecule has 15 heavy (non-hydrogen) atoms. The van der Waals surface area contributed by atoms with Gasteiger partial charge in [-0.3, -0.25) is 0 Å². The number of hydrogen-bond acceptors (Lipinski definition) is 2. The molecule has 2 heteroatoms. The van der Waals surface area contributed by atoms with E-state index in [0.29, 0.717) is 5.92 Å². The Balaban J connectivity index is 2.72. The number of nitrogens with two attached hydrogens (primary N) is 1. The van der Waals surface area contributed by atoms with Crippen LogP contribution in [0.5, 0.6) is 0 Å². The van der Waals surface area contributed by atoms with E-state index < -0.39 is 0 Å². The Morgan fingerprint density at radius 2 is 2.07 bits per heavy atom. The third kappa shape index (κ3) is 3.56. The van der Waals surface area contributed by atoms with Crippen molar-refractivity contribution in [3.05, 3.63) is 29.3 Å². The van der Waals surface area contributed by atoms with Crippen LogP contribution in [0.15, 0.2) is 18.2 Å². The van der Waals surface area contributed by atoms with Crippen molar-refractivity contribution in [2.45, 2.75) is 33.1 Å². The van der Waals surface area contributed by atoms with Crippen molar-refractivity contribution >= 4 is 5.69 Å². The lowest BCUT2D eigenvalue weighted by Crippen LogP contribution is -2.09. The van der Waals surface area contributed by atoms with Crippen LogP contribution in [-0.2, 0) is 0 Å². The fourth-order valence-electron chi connectivity index (χ4n) is 1.51. The van der Waals surface area contributed by atoms with E-state index in [1.165, 1.54) is 16.8 Å². The van der Waals surface area contributed by atoms with E-state index in [2.05, 4.69) is 44.3 Å². The highest BCUT2D eigenvalue weighted by Crippen LogP contribution is 2.22. The molecule has 0 aliphatic rings. The van der Waals surface area contributed by atoms with E-state index in [0.717, 1.165) is 19.5 Å². The van der Waals surface area contributed by atoms with Crippen molar-refractivity contribution in [3.8, 4) is 0 Å². The molecule has 0 aliphatic carbocycles. The molecule has 0 radical (unpaired) electrons. The maximum absolute atomic E-state index is 5.47. The molecule has 84 valence electrons. The molecule has 0 heterocycles. The second kappa shape index (κ2) is 5.76. The van der Waals surface area contributed by atoms with Crippen molar-refractivity contribution in [1.82, 2.24) is 0 Å². The Morgan fingerprint density at radius 1 is 1.33 bits per heavy atom. The minimum absolute atomic E-state index is 0.584. The van der Waals surface area contributed by atoms with Crippen LogP contribution >= 0.6 is 0 Å². The molecule has 0 saturated carbocycles. The van der Waals surface area contributed by atoms with E-state index in [4.69, 9.17) is 5.73 Å². The van der Waals surface area contributed by atoms with Crippen LogP contribution in [0.1, 0.15) is 37.3 Å². The standard InChI is InChI=1S/C13H22N2/c1-10(2)12-6-5-11(3)13(9-12)15-8-4-7-14/h5-6,9-10,15H,4,7-8,14H2,1-3H3. The smallest absolute Gasteiger partial charge is 0.0372 e. The molecule has 0 unspecified atom stereocenters. The zero-order chi connectivity index (χ0) is 11.3. The van der Waals surface area contributed by atoms with Gasteiger partial charge in [0.1, 0.15) is 0 Å². The molecular weight excluding hydrogens is 184 g/mol. The lowest BCUT2D eigenvalue weighted by molar-refractivity contribution is 0.859. The summed E-state index contributed by atoms with van der Waals surface area (Å²) >= 11 is 0. The maximum Gasteiger partial charge on any atom is 0.0372 e. The fourth-order valence-corrected chi connectivity index (χ4v) is 1.51. The fraction of sp³-hybridized carbons (Fsp3) is 0.538. The topological polar surface area (TPSA) is 38.0 Å². The van der Waals surface area contributed by atoms with Crippen LogP contribution in [0.4, 0.5) is 5.69 Å². The normalized spacial score (nSPS) is 10.7. The summed E-state index contributed by atoms with van der Waals surface area (Å²) < 4.78 is 0. The maximum atomic E-state index is 5.47. The Morgan fingerprint density at radius 3 is 2.67 bits per heavy atom. The first-order chi connectivity index (χ1) is 7.15. The molecule has 0 atom stereocenters. The molecule has 2 nitrogen and oxygen atoms in total. The van der Waals surface area contributed by atoms with Crippen molar-refractivity contribution in [2.24, 2.45) is 5.73 Å². The Hall–Kier alpha value is -1.02. The highest BCUT2D eigenvalue weighted by molar-refractivity contribution is 5.53. The van der Waals surface area contributed by atoms with Gasteiger partial charge >= 0.3 is 0 Å². The van der Waals surface area contributed by atoms with E-state index in [1.807, 2.05) is 0 Å². The predicted octanol–water partition coefficient (Wildman–Crippen LogP) is 2.88. The van der Waals surface area contributed by atoms with Gasteiger partial charge in [-0.05, 0) is 43.0 Å². The molecule has 1 aromatic carbocycles. The molecular formula is C13H22N2. The van der Waals surface area contributed by atoms with Gasteiger partial charge in [-0.1, -0.05) is 26.0 Å². The third-order valence-corrected chi connectivity index (χ3v) is 2.62. The summed E-state index contributed by atoms with van der Waals surface area (Å²) in [6, 6.07) is 6.63. The SMILES string of the molecule is Cc1ccc(C(C)C)cc1NCCCN. The summed E-state index contributed by atoms with van der Waals surface area (Å²) in [5, 5.41) is 3.43. The van der Waals surface area contributed by atoms with Crippen molar-refractivity contribution in [2.75, 3.05) is 18.4 Å². The molecule has 0 aliphatic heterocycles. The van der Waals surface area contributed by atoms with Crippen molar-refractivity contribution < 1.29 is 0 Å². The van der Waals surface area contributed by atoms with Gasteiger partial charge in [0.25, 0.3) is 0 Å². The van der Waals surface area contributed by atoms with Gasteiger partial charge in [-0.15, -0.1) is 0 Å². The first-order valence-electron chi connectivity index (χ1n) is 5.69. The molecule has 0 saturated heterocycles. The van der Waals surface area contributed by atoms with Gasteiger partial charge in [0, 0.05) is 12.2 Å². The largest absolute Gasteiger partial charge is 0.385 e. The Labute approximate surface area is 92.9 Å². The predicted molar refractivity (Wildman–Crippen MR) is 67.4 cm³/mol. The molecule has 0 spiro atoms. The quantitative estimate of drug-likeness (QED) is 0.727.